The zero-order valence-corrected chi connectivity index (χ0v) is 3.26. The van der Waals surface area contributed by atoms with E-state index in [4.69, 9.17) is 10.1 Å². The molecule has 5 heavy (non-hydrogen) atoms. The molecule has 0 aromatic heterocycles. The first-order chi connectivity index (χ1) is 1.41. The van der Waals surface area contributed by atoms with Gasteiger partial charge < -0.3 is 10.7 Å². The van der Waals surface area contributed by atoms with E-state index in [9.17, 15) is 0 Å². The maximum atomic E-state index is 8.11. The van der Waals surface area contributed by atoms with Gasteiger partial charge in [0.1, 0.15) is 0 Å². The van der Waals surface area contributed by atoms with Gasteiger partial charge in [-0.2, -0.15) is 0 Å². The summed E-state index contributed by atoms with van der Waals surface area (Å²) in [5.41, 5.74) is 0. The number of hydrogen-bond donors (Lipinski definition) is 1. The van der Waals surface area contributed by atoms with Crippen molar-refractivity contribution >= 4 is 0 Å². The summed E-state index contributed by atoms with van der Waals surface area (Å²) in [6.45, 7) is 0. The Hall–Kier alpha value is -0.121. The van der Waals surface area contributed by atoms with Gasteiger partial charge in [0.2, 0.25) is 0 Å². The molecule has 0 spiro atoms. The third-order valence-electron chi connectivity index (χ3n) is 0. The molecule has 0 saturated carbocycles. The van der Waals surface area contributed by atoms with Crippen LogP contribution in [0.15, 0.2) is 5.34 Å². The Balaban J connectivity index is -0.0000000200. The van der Waals surface area contributed by atoms with Crippen LogP contribution in [0.3, 0.4) is 0 Å². The van der Waals surface area contributed by atoms with E-state index in [0.717, 1.165) is 0 Å². The Morgan fingerprint density at radius 2 is 1.60 bits per heavy atom. The van der Waals surface area contributed by atoms with Gasteiger partial charge in [0.05, 0.1) is 0 Å². The normalized spacial score (nSPS) is 2.40. The fraction of sp³-hybridized carbons (Fsp3) is 0. The minimum atomic E-state index is 0. The van der Waals surface area contributed by atoms with Crippen LogP contribution in [0.5, 0.6) is 0 Å². The van der Waals surface area contributed by atoms with Gasteiger partial charge in [0, 0.05) is 17.1 Å². The van der Waals surface area contributed by atoms with Gasteiger partial charge in [-0.25, -0.2) is 0 Å². The summed E-state index contributed by atoms with van der Waals surface area (Å²) in [6.07, 6.45) is 0. The van der Waals surface area contributed by atoms with Crippen molar-refractivity contribution in [3.63, 3.8) is 0 Å². The fourth-order valence-electron chi connectivity index (χ4n) is 0. The van der Waals surface area contributed by atoms with Crippen molar-refractivity contribution in [1.82, 2.24) is 0 Å². The monoisotopic (exact) mass is 121 g/mol. The number of nitrogens with zero attached hydrogens (tertiary/aromatic N) is 1. The van der Waals surface area contributed by atoms with Crippen molar-refractivity contribution in [3.05, 3.63) is 4.91 Å². The van der Waals surface area contributed by atoms with Crippen LogP contribution in [0.25, 0.3) is 0 Å². The Kier molecular flexibility index (Phi) is 173. The summed E-state index contributed by atoms with van der Waals surface area (Å²) in [5.74, 6) is 0. The van der Waals surface area contributed by atoms with Gasteiger partial charge >= 0.3 is 0 Å². The SMILES string of the molecule is O.O=NO.[Fe]. The van der Waals surface area contributed by atoms with E-state index in [1.54, 1.807) is 0 Å². The molecule has 3 N–H and O–H groups in total. The molecule has 0 unspecified atom stereocenters. The van der Waals surface area contributed by atoms with E-state index in [2.05, 4.69) is 0 Å². The molecule has 0 aliphatic carbocycles. The van der Waals surface area contributed by atoms with E-state index in [1.807, 2.05) is 0 Å². The van der Waals surface area contributed by atoms with Crippen LogP contribution in [-0.2, 0) is 17.1 Å². The molecule has 0 radical (unpaired) electrons. The molecule has 0 fully saturated rings. The van der Waals surface area contributed by atoms with Gasteiger partial charge in [0.15, 0.2) is 5.34 Å². The molecule has 0 rings (SSSR count). The Morgan fingerprint density at radius 3 is 1.60 bits per heavy atom. The van der Waals surface area contributed by atoms with Crippen molar-refractivity contribution in [1.29, 1.82) is 0 Å². The van der Waals surface area contributed by atoms with E-state index in [1.165, 1.54) is 5.34 Å². The predicted octanol–water partition coefficient (Wildman–Crippen LogP) is -0.685. The summed E-state index contributed by atoms with van der Waals surface area (Å²) in [4.78, 5) is 8.11. The van der Waals surface area contributed by atoms with Crippen molar-refractivity contribution in [3.8, 4) is 0 Å². The van der Waals surface area contributed by atoms with E-state index >= 15 is 0 Å². The van der Waals surface area contributed by atoms with Crippen LogP contribution in [0.4, 0.5) is 0 Å². The molecule has 34 valence electrons. The van der Waals surface area contributed by atoms with Crippen molar-refractivity contribution in [2.24, 2.45) is 5.34 Å². The molecular formula is H3FeNO3. The fourth-order valence-corrected chi connectivity index (χ4v) is 0. The molecule has 0 saturated heterocycles. The minimum absolute atomic E-state index is 0. The van der Waals surface area contributed by atoms with Crippen LogP contribution < -0.4 is 0 Å². The van der Waals surface area contributed by atoms with Gasteiger partial charge in [-0.3, -0.25) is 0 Å². The van der Waals surface area contributed by atoms with Gasteiger partial charge in [-0.1, -0.05) is 0 Å². The van der Waals surface area contributed by atoms with Gasteiger partial charge in [0.25, 0.3) is 0 Å². The first-order valence-corrected chi connectivity index (χ1v) is 0.383. The van der Waals surface area contributed by atoms with Crippen LogP contribution in [-0.4, -0.2) is 10.7 Å². The molecule has 5 heteroatoms. The summed E-state index contributed by atoms with van der Waals surface area (Å²) in [7, 11) is 0. The molecular weight excluding hydrogens is 118 g/mol. The molecule has 0 aromatic rings. The Morgan fingerprint density at radius 1 is 1.60 bits per heavy atom. The average Bonchev–Trinajstić information content (AvgIpc) is 0.918. The summed E-state index contributed by atoms with van der Waals surface area (Å²) >= 11 is 0. The van der Waals surface area contributed by atoms with Crippen molar-refractivity contribution in [2.45, 2.75) is 0 Å². The topological polar surface area (TPSA) is 81.2 Å². The smallest absolute Gasteiger partial charge is 0.152 e. The maximum absolute atomic E-state index is 8.11. The minimum Gasteiger partial charge on any atom is -0.412 e. The molecule has 0 aliphatic heterocycles. The summed E-state index contributed by atoms with van der Waals surface area (Å²) < 4.78 is 0. The first kappa shape index (κ1) is 20.8. The van der Waals surface area contributed by atoms with E-state index in [-0.39, 0.29) is 22.5 Å². The average molecular weight is 121 g/mol. The van der Waals surface area contributed by atoms with Crippen LogP contribution >= 0.6 is 0 Å². The second kappa shape index (κ2) is 41.6. The number of hydrogen-bond acceptors (Lipinski definition) is 2. The van der Waals surface area contributed by atoms with Crippen LogP contribution in [0, 0.1) is 4.91 Å². The zero-order chi connectivity index (χ0) is 2.71. The standard InChI is InChI=1S/Fe.HNO2.H2O/c;2-1-3;/h;(H,2,3);1H2. The third kappa shape index (κ3) is 943. The molecule has 0 amide bonds. The summed E-state index contributed by atoms with van der Waals surface area (Å²) in [6, 6.07) is 0. The quantitative estimate of drug-likeness (QED) is 0.261. The predicted molar refractivity (Wildman–Crippen MR) is 11.2 cm³/mol. The molecule has 0 bridgehead atoms. The maximum Gasteiger partial charge on any atom is 0.152 e. The molecule has 0 atom stereocenters. The van der Waals surface area contributed by atoms with Crippen molar-refractivity contribution < 1.29 is 27.8 Å². The molecule has 0 aliphatic rings. The second-order valence-electron chi connectivity index (χ2n) is 0.0816. The zero-order valence-electron chi connectivity index (χ0n) is 2.16. The Labute approximate surface area is 38.9 Å². The van der Waals surface area contributed by atoms with E-state index in [0.29, 0.717) is 0 Å². The molecule has 0 heterocycles. The second-order valence-corrected chi connectivity index (χ2v) is 0.0816. The molecule has 0 aromatic carbocycles. The Bertz CT molecular complexity index is 14.4. The van der Waals surface area contributed by atoms with E-state index < -0.39 is 0 Å². The van der Waals surface area contributed by atoms with Crippen LogP contribution in [0.1, 0.15) is 0 Å². The number of rotatable bonds is 0. The third-order valence-corrected chi connectivity index (χ3v) is 0. The van der Waals surface area contributed by atoms with Crippen molar-refractivity contribution in [2.75, 3.05) is 0 Å². The van der Waals surface area contributed by atoms with Gasteiger partial charge in [-0.05, 0) is 0 Å². The molecule has 4 nitrogen and oxygen atoms in total. The largest absolute Gasteiger partial charge is 0.412 e. The van der Waals surface area contributed by atoms with Crippen LogP contribution in [0.2, 0.25) is 0 Å². The van der Waals surface area contributed by atoms with Gasteiger partial charge in [-0.15, -0.1) is 4.91 Å². The first-order valence-electron chi connectivity index (χ1n) is 0.383. The summed E-state index contributed by atoms with van der Waals surface area (Å²) in [5, 5.41) is 7.89.